The van der Waals surface area contributed by atoms with Crippen LogP contribution in [0.15, 0.2) is 26.1 Å². The molecule has 0 aliphatic rings. The van der Waals surface area contributed by atoms with Crippen molar-refractivity contribution in [2.75, 3.05) is 5.73 Å². The highest BCUT2D eigenvalue weighted by atomic mass is 79.9. The molecule has 5 nitrogen and oxygen atoms in total. The molecule has 2 rings (SSSR count). The lowest BCUT2D eigenvalue weighted by Crippen LogP contribution is -2.14. The van der Waals surface area contributed by atoms with E-state index < -0.39 is 0 Å². The van der Waals surface area contributed by atoms with Gasteiger partial charge in [0.25, 0.3) is 0 Å². The van der Waals surface area contributed by atoms with Crippen LogP contribution in [-0.4, -0.2) is 14.3 Å². The molecule has 7 heteroatoms. The van der Waals surface area contributed by atoms with Crippen molar-refractivity contribution in [2.45, 2.75) is 19.9 Å². The van der Waals surface area contributed by atoms with E-state index in [0.717, 1.165) is 22.3 Å². The Balaban J connectivity index is 2.42. The Morgan fingerprint density at radius 2 is 2.05 bits per heavy atom. The fraction of sp³-hybridized carbons (Fsp3) is 0.333. The van der Waals surface area contributed by atoms with E-state index in [1.807, 2.05) is 16.3 Å². The first-order valence-corrected chi connectivity index (χ1v) is 7.38. The summed E-state index contributed by atoms with van der Waals surface area (Å²) in [5, 5.41) is 4.44. The number of hydrogen-bond acceptors (Lipinski definition) is 3. The van der Waals surface area contributed by atoms with Crippen LogP contribution < -0.4 is 11.2 Å². The van der Waals surface area contributed by atoms with E-state index >= 15 is 0 Å². The van der Waals surface area contributed by atoms with Crippen LogP contribution in [0.2, 0.25) is 0 Å². The molecule has 0 saturated carbocycles. The molecule has 0 radical (unpaired) electrons. The minimum absolute atomic E-state index is 0.186. The lowest BCUT2D eigenvalue weighted by molar-refractivity contribution is 0.656. The Labute approximate surface area is 127 Å². The van der Waals surface area contributed by atoms with Crippen LogP contribution in [0.4, 0.5) is 5.69 Å². The van der Waals surface area contributed by atoms with Gasteiger partial charge in [-0.3, -0.25) is 9.48 Å². The molecular formula is C12H14Br2N4O. The maximum Gasteiger partial charge on any atom is 0.218 e. The summed E-state index contributed by atoms with van der Waals surface area (Å²) in [6.07, 6.45) is 4.23. The Kier molecular flexibility index (Phi) is 4.15. The second-order valence-electron chi connectivity index (χ2n) is 4.25. The maximum absolute atomic E-state index is 11.5. The number of aryl methyl sites for hydroxylation is 2. The van der Waals surface area contributed by atoms with E-state index in [1.165, 1.54) is 0 Å². The number of rotatable bonds is 3. The summed E-state index contributed by atoms with van der Waals surface area (Å²) in [6.45, 7) is 2.65. The van der Waals surface area contributed by atoms with E-state index in [0.29, 0.717) is 11.0 Å². The largest absolute Gasteiger partial charge is 0.394 e. The van der Waals surface area contributed by atoms with Gasteiger partial charge in [0.15, 0.2) is 0 Å². The average molecular weight is 390 g/mol. The topological polar surface area (TPSA) is 65.8 Å². The SMILES string of the molecule is CCc1nn(C)c(Cn2cc(N)c(=O)c(Br)c2)c1Br. The maximum atomic E-state index is 11.5. The second-order valence-corrected chi connectivity index (χ2v) is 5.89. The zero-order valence-electron chi connectivity index (χ0n) is 10.7. The fourth-order valence-corrected chi connectivity index (χ4v) is 3.11. The van der Waals surface area contributed by atoms with Crippen LogP contribution in [0.3, 0.4) is 0 Å². The van der Waals surface area contributed by atoms with E-state index in [4.69, 9.17) is 5.73 Å². The van der Waals surface area contributed by atoms with E-state index in [9.17, 15) is 4.79 Å². The molecule has 0 unspecified atom stereocenters. The fourth-order valence-electron chi connectivity index (χ4n) is 1.87. The third kappa shape index (κ3) is 2.76. The van der Waals surface area contributed by atoms with Crippen molar-refractivity contribution < 1.29 is 0 Å². The normalized spacial score (nSPS) is 10.9. The average Bonchev–Trinajstić information content (AvgIpc) is 2.63. The number of anilines is 1. The zero-order valence-corrected chi connectivity index (χ0v) is 13.8. The molecule has 0 amide bonds. The van der Waals surface area contributed by atoms with Gasteiger partial charge in [0, 0.05) is 19.4 Å². The van der Waals surface area contributed by atoms with Gasteiger partial charge in [0.1, 0.15) is 0 Å². The van der Waals surface area contributed by atoms with Crippen LogP contribution in [0, 0.1) is 0 Å². The molecule has 2 N–H and O–H groups in total. The molecule has 0 atom stereocenters. The lowest BCUT2D eigenvalue weighted by atomic mass is 10.3. The van der Waals surface area contributed by atoms with E-state index in [1.54, 1.807) is 12.4 Å². The number of nitrogens with two attached hydrogens (primary N) is 1. The Morgan fingerprint density at radius 1 is 1.37 bits per heavy atom. The first-order valence-electron chi connectivity index (χ1n) is 5.79. The van der Waals surface area contributed by atoms with Gasteiger partial charge >= 0.3 is 0 Å². The quantitative estimate of drug-likeness (QED) is 0.875. The molecule has 2 aromatic heterocycles. The van der Waals surface area contributed by atoms with Gasteiger partial charge in [-0.05, 0) is 38.3 Å². The van der Waals surface area contributed by atoms with Gasteiger partial charge in [-0.15, -0.1) is 0 Å². The molecule has 0 aliphatic heterocycles. The third-order valence-electron chi connectivity index (χ3n) is 2.90. The number of nitrogen functional groups attached to an aromatic ring is 1. The first-order chi connectivity index (χ1) is 8.93. The van der Waals surface area contributed by atoms with Crippen molar-refractivity contribution in [3.05, 3.63) is 43.0 Å². The molecule has 2 heterocycles. The van der Waals surface area contributed by atoms with Gasteiger partial charge < -0.3 is 10.3 Å². The molecule has 0 fully saturated rings. The van der Waals surface area contributed by atoms with Crippen LogP contribution >= 0.6 is 31.9 Å². The summed E-state index contributed by atoms with van der Waals surface area (Å²) in [6, 6.07) is 0. The Hall–Kier alpha value is -1.08. The van der Waals surface area contributed by atoms with Crippen LogP contribution in [0.1, 0.15) is 18.3 Å². The Bertz CT molecular complexity index is 649. The summed E-state index contributed by atoms with van der Waals surface area (Å²) < 4.78 is 5.17. The van der Waals surface area contributed by atoms with Crippen LogP contribution in [-0.2, 0) is 20.0 Å². The van der Waals surface area contributed by atoms with Gasteiger partial charge in [-0.2, -0.15) is 5.10 Å². The Morgan fingerprint density at radius 3 is 2.58 bits per heavy atom. The number of aromatic nitrogens is 3. The highest BCUT2D eigenvalue weighted by molar-refractivity contribution is 9.10. The number of pyridine rings is 1. The minimum Gasteiger partial charge on any atom is -0.394 e. The third-order valence-corrected chi connectivity index (χ3v) is 4.38. The lowest BCUT2D eigenvalue weighted by Gasteiger charge is -2.09. The van der Waals surface area contributed by atoms with Crippen LogP contribution in [0.5, 0.6) is 0 Å². The number of nitrogens with zero attached hydrogens (tertiary/aromatic N) is 3. The molecule has 0 saturated heterocycles. The highest BCUT2D eigenvalue weighted by Crippen LogP contribution is 2.22. The highest BCUT2D eigenvalue weighted by Gasteiger charge is 2.13. The molecule has 0 bridgehead atoms. The van der Waals surface area contributed by atoms with Crippen molar-refractivity contribution in [1.82, 2.24) is 14.3 Å². The summed E-state index contributed by atoms with van der Waals surface area (Å²) in [4.78, 5) is 11.5. The molecule has 0 aromatic carbocycles. The van der Waals surface area contributed by atoms with Gasteiger partial charge in [0.05, 0.1) is 32.6 Å². The second kappa shape index (κ2) is 5.50. The monoisotopic (exact) mass is 388 g/mol. The zero-order chi connectivity index (χ0) is 14.2. The van der Waals surface area contributed by atoms with Crippen molar-refractivity contribution in [3.8, 4) is 0 Å². The van der Waals surface area contributed by atoms with Crippen molar-refractivity contribution in [3.63, 3.8) is 0 Å². The van der Waals surface area contributed by atoms with Gasteiger partial charge in [-0.25, -0.2) is 0 Å². The van der Waals surface area contributed by atoms with Gasteiger partial charge in [0.2, 0.25) is 5.43 Å². The van der Waals surface area contributed by atoms with Gasteiger partial charge in [-0.1, -0.05) is 6.92 Å². The van der Waals surface area contributed by atoms with E-state index in [2.05, 4.69) is 43.9 Å². The molecular weight excluding hydrogens is 376 g/mol. The van der Waals surface area contributed by atoms with Crippen molar-refractivity contribution in [1.29, 1.82) is 0 Å². The first kappa shape index (κ1) is 14.3. The molecule has 0 aliphatic carbocycles. The predicted octanol–water partition coefficient (Wildman–Crippen LogP) is 2.30. The predicted molar refractivity (Wildman–Crippen MR) is 82.2 cm³/mol. The molecule has 102 valence electrons. The number of halogens is 2. The number of hydrogen-bond donors (Lipinski definition) is 1. The molecule has 0 spiro atoms. The summed E-state index contributed by atoms with van der Waals surface area (Å²) in [5.41, 5.74) is 7.78. The van der Waals surface area contributed by atoms with Crippen molar-refractivity contribution in [2.24, 2.45) is 7.05 Å². The van der Waals surface area contributed by atoms with Crippen molar-refractivity contribution >= 4 is 37.5 Å². The standard InChI is InChI=1S/C12H14Br2N4O/c1-3-9-11(14)10(17(2)16-9)6-18-4-7(13)12(19)8(15)5-18/h4-5H,3,6,15H2,1-2H3. The summed E-state index contributed by atoms with van der Waals surface area (Å²) >= 11 is 6.79. The smallest absolute Gasteiger partial charge is 0.218 e. The van der Waals surface area contributed by atoms with Crippen LogP contribution in [0.25, 0.3) is 0 Å². The molecule has 2 aromatic rings. The van der Waals surface area contributed by atoms with E-state index in [-0.39, 0.29) is 11.1 Å². The molecule has 19 heavy (non-hydrogen) atoms. The summed E-state index contributed by atoms with van der Waals surface area (Å²) in [5.74, 6) is 0. The summed E-state index contributed by atoms with van der Waals surface area (Å²) in [7, 11) is 1.90. The minimum atomic E-state index is -0.186.